The van der Waals surface area contributed by atoms with Gasteiger partial charge in [0.2, 0.25) is 0 Å². The van der Waals surface area contributed by atoms with Gasteiger partial charge in [0.1, 0.15) is 23.5 Å². The van der Waals surface area contributed by atoms with Crippen LogP contribution in [0, 0.1) is 18.7 Å². The van der Waals surface area contributed by atoms with E-state index in [4.69, 9.17) is 14.5 Å². The van der Waals surface area contributed by atoms with Gasteiger partial charge < -0.3 is 24.8 Å². The molecule has 0 radical (unpaired) electrons. The molecule has 3 aromatic rings. The van der Waals surface area contributed by atoms with Crippen LogP contribution < -0.4 is 10.2 Å². The summed E-state index contributed by atoms with van der Waals surface area (Å²) in [6, 6.07) is 10.1. The third-order valence-corrected chi connectivity index (χ3v) is 6.56. The number of aromatic hydroxyl groups is 1. The largest absolute Gasteiger partial charge is 0.507 e. The second kappa shape index (κ2) is 10.0. The second-order valence-electron chi connectivity index (χ2n) is 9.25. The van der Waals surface area contributed by atoms with E-state index in [-0.39, 0.29) is 29.2 Å². The number of nitrogens with one attached hydrogen (secondary N) is 1. The number of carbonyl (C=O) groups excluding carboxylic acids is 1. The number of amides is 1. The highest BCUT2D eigenvalue weighted by Gasteiger charge is 2.26. The van der Waals surface area contributed by atoms with Crippen LogP contribution in [0.3, 0.4) is 0 Å². The van der Waals surface area contributed by atoms with Gasteiger partial charge in [-0.05, 0) is 55.5 Å². The lowest BCUT2D eigenvalue weighted by molar-refractivity contribution is 0.0821. The second-order valence-corrected chi connectivity index (χ2v) is 9.25. The standard InChI is InChI=1S/C26H29FN4O4/c1-16-7-8-19-21(12-16)29-24(23-20(27)5-2-6-22(23)32)30-25(19)31-10-3-4-17(14-31)13-28-26(33)35-18-9-11-34-15-18/h2,5-8,12,17-18,32H,3-4,9-11,13-15H2,1H3,(H,28,33)/t17-,18-/m0/s1. The summed E-state index contributed by atoms with van der Waals surface area (Å²) in [6.07, 6.45) is 2.02. The van der Waals surface area contributed by atoms with Gasteiger partial charge in [-0.25, -0.2) is 19.2 Å². The molecule has 1 aromatic heterocycles. The minimum atomic E-state index is -0.574. The van der Waals surface area contributed by atoms with Gasteiger partial charge in [0.15, 0.2) is 5.82 Å². The molecule has 2 saturated heterocycles. The first-order valence-electron chi connectivity index (χ1n) is 12.0. The first-order chi connectivity index (χ1) is 17.0. The Morgan fingerprint density at radius 3 is 2.97 bits per heavy atom. The Kier molecular flexibility index (Phi) is 6.68. The highest BCUT2D eigenvalue weighted by atomic mass is 19.1. The average Bonchev–Trinajstić information content (AvgIpc) is 3.35. The molecule has 0 spiro atoms. The third kappa shape index (κ3) is 5.14. The maximum Gasteiger partial charge on any atom is 0.407 e. The molecular formula is C26H29FN4O4. The number of ether oxygens (including phenoxy) is 2. The number of benzene rings is 2. The lowest BCUT2D eigenvalue weighted by Crippen LogP contribution is -2.42. The van der Waals surface area contributed by atoms with Crippen LogP contribution in [0.25, 0.3) is 22.3 Å². The first-order valence-corrected chi connectivity index (χ1v) is 12.0. The van der Waals surface area contributed by atoms with Gasteiger partial charge in [-0.2, -0.15) is 0 Å². The fraction of sp³-hybridized carbons (Fsp3) is 0.423. The Morgan fingerprint density at radius 2 is 2.17 bits per heavy atom. The molecule has 2 fully saturated rings. The molecule has 3 heterocycles. The third-order valence-electron chi connectivity index (χ3n) is 6.56. The molecule has 1 amide bonds. The van der Waals surface area contributed by atoms with E-state index in [1.165, 1.54) is 18.2 Å². The van der Waals surface area contributed by atoms with Crippen molar-refractivity contribution in [2.24, 2.45) is 5.92 Å². The number of anilines is 1. The van der Waals surface area contributed by atoms with Crippen LogP contribution >= 0.6 is 0 Å². The average molecular weight is 481 g/mol. The molecule has 0 bridgehead atoms. The molecule has 2 aliphatic heterocycles. The number of rotatable bonds is 5. The van der Waals surface area contributed by atoms with Crippen molar-refractivity contribution >= 4 is 22.8 Å². The minimum absolute atomic E-state index is 0.00831. The summed E-state index contributed by atoms with van der Waals surface area (Å²) in [4.78, 5) is 23.7. The topological polar surface area (TPSA) is 96.8 Å². The Balaban J connectivity index is 1.39. The van der Waals surface area contributed by atoms with Crippen LogP contribution in [0.15, 0.2) is 36.4 Å². The number of alkyl carbamates (subject to hydrolysis) is 1. The number of halogens is 1. The SMILES string of the molecule is Cc1ccc2c(N3CCC[C@@H](CNC(=O)O[C@H]4CCOC4)C3)nc(-c3c(O)cccc3F)nc2c1. The molecule has 0 unspecified atom stereocenters. The lowest BCUT2D eigenvalue weighted by atomic mass is 9.97. The summed E-state index contributed by atoms with van der Waals surface area (Å²) in [5, 5.41) is 14.1. The van der Waals surface area contributed by atoms with Crippen LogP contribution in [0.2, 0.25) is 0 Å². The summed E-state index contributed by atoms with van der Waals surface area (Å²) in [6.45, 7) is 4.99. The Hall–Kier alpha value is -3.46. The van der Waals surface area contributed by atoms with Crippen molar-refractivity contribution < 1.29 is 23.8 Å². The summed E-state index contributed by atoms with van der Waals surface area (Å²) in [7, 11) is 0. The zero-order valence-corrected chi connectivity index (χ0v) is 19.7. The Bertz CT molecular complexity index is 1210. The van der Waals surface area contributed by atoms with E-state index >= 15 is 0 Å². The molecule has 2 N–H and O–H groups in total. The molecule has 8 nitrogen and oxygen atoms in total. The van der Waals surface area contributed by atoms with Crippen LogP contribution in [0.5, 0.6) is 5.75 Å². The molecule has 2 aromatic carbocycles. The van der Waals surface area contributed by atoms with Crippen molar-refractivity contribution in [2.75, 3.05) is 37.7 Å². The Labute approximate surface area is 203 Å². The molecule has 5 rings (SSSR count). The fourth-order valence-electron chi connectivity index (χ4n) is 4.76. The molecule has 9 heteroatoms. The number of aromatic nitrogens is 2. The van der Waals surface area contributed by atoms with E-state index in [0.717, 1.165) is 36.8 Å². The van der Waals surface area contributed by atoms with Gasteiger partial charge in [0, 0.05) is 31.4 Å². The predicted octanol–water partition coefficient (Wildman–Crippen LogP) is 4.18. The van der Waals surface area contributed by atoms with Crippen molar-refractivity contribution in [1.29, 1.82) is 0 Å². The molecule has 0 saturated carbocycles. The smallest absolute Gasteiger partial charge is 0.407 e. The van der Waals surface area contributed by atoms with Gasteiger partial charge in [-0.1, -0.05) is 12.1 Å². The van der Waals surface area contributed by atoms with E-state index in [9.17, 15) is 14.3 Å². The number of aryl methyl sites for hydroxylation is 1. The summed E-state index contributed by atoms with van der Waals surface area (Å²) >= 11 is 0. The first kappa shape index (κ1) is 23.3. The number of phenolic OH excluding ortho intramolecular Hbond substituents is 1. The minimum Gasteiger partial charge on any atom is -0.507 e. The van der Waals surface area contributed by atoms with Crippen molar-refractivity contribution in [3.8, 4) is 17.1 Å². The monoisotopic (exact) mass is 480 g/mol. The van der Waals surface area contributed by atoms with E-state index in [0.29, 0.717) is 37.6 Å². The number of hydrogen-bond acceptors (Lipinski definition) is 7. The van der Waals surface area contributed by atoms with E-state index in [2.05, 4.69) is 15.2 Å². The number of piperidine rings is 1. The number of carbonyl (C=O) groups is 1. The highest BCUT2D eigenvalue weighted by Crippen LogP contribution is 2.35. The van der Waals surface area contributed by atoms with Crippen molar-refractivity contribution in [3.05, 3.63) is 47.8 Å². The summed E-state index contributed by atoms with van der Waals surface area (Å²) in [5.41, 5.74) is 1.71. The maximum absolute atomic E-state index is 14.7. The van der Waals surface area contributed by atoms with Gasteiger partial charge >= 0.3 is 6.09 Å². The number of hydrogen-bond donors (Lipinski definition) is 2. The number of fused-ring (bicyclic) bond motifs is 1. The van der Waals surface area contributed by atoms with Crippen molar-refractivity contribution in [2.45, 2.75) is 32.3 Å². The molecule has 35 heavy (non-hydrogen) atoms. The highest BCUT2D eigenvalue weighted by molar-refractivity contribution is 5.92. The normalized spacial score (nSPS) is 20.2. The van der Waals surface area contributed by atoms with E-state index in [1.807, 2.05) is 25.1 Å². The van der Waals surface area contributed by atoms with E-state index < -0.39 is 11.9 Å². The molecule has 2 atom stereocenters. The Morgan fingerprint density at radius 1 is 1.29 bits per heavy atom. The van der Waals surface area contributed by atoms with Crippen LogP contribution in [0.4, 0.5) is 15.0 Å². The molecule has 0 aliphatic carbocycles. The van der Waals surface area contributed by atoms with Gasteiger partial charge in [-0.15, -0.1) is 0 Å². The zero-order chi connectivity index (χ0) is 24.4. The van der Waals surface area contributed by atoms with Gasteiger partial charge in [0.05, 0.1) is 24.3 Å². The number of nitrogens with zero attached hydrogens (tertiary/aromatic N) is 3. The molecule has 184 valence electrons. The van der Waals surface area contributed by atoms with Crippen molar-refractivity contribution in [3.63, 3.8) is 0 Å². The van der Waals surface area contributed by atoms with Crippen LogP contribution in [0.1, 0.15) is 24.8 Å². The number of phenols is 1. The lowest BCUT2D eigenvalue weighted by Gasteiger charge is -2.34. The fourth-order valence-corrected chi connectivity index (χ4v) is 4.76. The van der Waals surface area contributed by atoms with E-state index in [1.54, 1.807) is 0 Å². The van der Waals surface area contributed by atoms with Gasteiger partial charge in [-0.3, -0.25) is 0 Å². The van der Waals surface area contributed by atoms with Crippen LogP contribution in [-0.4, -0.2) is 60.1 Å². The molecular weight excluding hydrogens is 451 g/mol. The molecule has 2 aliphatic rings. The van der Waals surface area contributed by atoms with Crippen LogP contribution in [-0.2, 0) is 9.47 Å². The maximum atomic E-state index is 14.7. The quantitative estimate of drug-likeness (QED) is 0.565. The summed E-state index contributed by atoms with van der Waals surface area (Å²) < 4.78 is 25.3. The predicted molar refractivity (Wildman–Crippen MR) is 130 cm³/mol. The zero-order valence-electron chi connectivity index (χ0n) is 19.7. The van der Waals surface area contributed by atoms with Gasteiger partial charge in [0.25, 0.3) is 0 Å². The van der Waals surface area contributed by atoms with Crippen molar-refractivity contribution in [1.82, 2.24) is 15.3 Å². The summed E-state index contributed by atoms with van der Waals surface area (Å²) in [5.74, 6) is 0.279.